The first-order valence-corrected chi connectivity index (χ1v) is 8.00. The highest BCUT2D eigenvalue weighted by Crippen LogP contribution is 2.29. The van der Waals surface area contributed by atoms with Crippen LogP contribution in [0.4, 0.5) is 0 Å². The summed E-state index contributed by atoms with van der Waals surface area (Å²) in [6.07, 6.45) is 3.51. The number of amides is 1. The molecule has 2 heterocycles. The summed E-state index contributed by atoms with van der Waals surface area (Å²) >= 11 is 1.98. The van der Waals surface area contributed by atoms with E-state index in [-0.39, 0.29) is 12.2 Å². The van der Waals surface area contributed by atoms with Gasteiger partial charge in [-0.05, 0) is 24.5 Å². The first-order valence-electron chi connectivity index (χ1n) is 6.85. The van der Waals surface area contributed by atoms with Crippen molar-refractivity contribution in [1.82, 2.24) is 10.2 Å². The largest absolute Gasteiger partial charge is 0.322 e. The minimum absolute atomic E-state index is 0.0514. The van der Waals surface area contributed by atoms with Crippen molar-refractivity contribution in [3.05, 3.63) is 0 Å². The molecule has 2 fully saturated rings. The third-order valence-corrected chi connectivity index (χ3v) is 5.27. The maximum absolute atomic E-state index is 12.5. The highest BCUT2D eigenvalue weighted by Gasteiger charge is 2.43. The fraction of sp³-hybridized carbons (Fsp3) is 0.923. The van der Waals surface area contributed by atoms with Crippen molar-refractivity contribution >= 4 is 17.7 Å². The van der Waals surface area contributed by atoms with Crippen molar-refractivity contribution in [2.75, 3.05) is 11.5 Å². The van der Waals surface area contributed by atoms with Gasteiger partial charge >= 0.3 is 0 Å². The molecule has 0 aromatic rings. The third kappa shape index (κ3) is 2.48. The normalized spacial score (nSPS) is 35.6. The Morgan fingerprint density at radius 2 is 2.29 bits per heavy atom. The molecule has 0 aromatic carbocycles. The molecule has 2 aliphatic heterocycles. The van der Waals surface area contributed by atoms with Crippen LogP contribution in [0.1, 0.15) is 40.0 Å². The standard InChI is InChI=1S/C13H24N2OS/c1-4-9(3)12-13(16)15(11(5-2)14-12)10-6-7-17-8-10/h9-12,14H,4-8H2,1-3H3. The molecule has 0 bridgehead atoms. The van der Waals surface area contributed by atoms with Gasteiger partial charge < -0.3 is 4.90 Å². The number of carbonyl (C=O) groups is 1. The van der Waals surface area contributed by atoms with Crippen molar-refractivity contribution in [1.29, 1.82) is 0 Å². The molecule has 2 saturated heterocycles. The van der Waals surface area contributed by atoms with Crippen molar-refractivity contribution in [3.8, 4) is 0 Å². The minimum Gasteiger partial charge on any atom is -0.322 e. The maximum atomic E-state index is 12.5. The van der Waals surface area contributed by atoms with Gasteiger partial charge in [-0.25, -0.2) is 0 Å². The highest BCUT2D eigenvalue weighted by atomic mass is 32.2. The predicted octanol–water partition coefficient (Wildman–Crippen LogP) is 2.07. The van der Waals surface area contributed by atoms with E-state index < -0.39 is 0 Å². The van der Waals surface area contributed by atoms with Gasteiger partial charge in [-0.15, -0.1) is 0 Å². The van der Waals surface area contributed by atoms with E-state index in [2.05, 4.69) is 31.0 Å². The molecule has 1 N–H and O–H groups in total. The summed E-state index contributed by atoms with van der Waals surface area (Å²) in [5.74, 6) is 3.12. The SMILES string of the molecule is CCC(C)C1NC(CC)N(C2CCSC2)C1=O. The minimum atomic E-state index is 0.0514. The van der Waals surface area contributed by atoms with Gasteiger partial charge in [-0.3, -0.25) is 10.1 Å². The summed E-state index contributed by atoms with van der Waals surface area (Å²) in [5.41, 5.74) is 0. The molecule has 0 aromatic heterocycles. The Kier molecular flexibility index (Phi) is 4.36. The number of thioether (sulfide) groups is 1. The summed E-state index contributed by atoms with van der Waals surface area (Å²) in [5, 5.41) is 3.54. The quantitative estimate of drug-likeness (QED) is 0.836. The Labute approximate surface area is 109 Å². The first kappa shape index (κ1) is 13.2. The van der Waals surface area contributed by atoms with Gasteiger partial charge in [0.1, 0.15) is 0 Å². The van der Waals surface area contributed by atoms with E-state index in [1.54, 1.807) is 0 Å². The van der Waals surface area contributed by atoms with Crippen LogP contribution in [0.3, 0.4) is 0 Å². The van der Waals surface area contributed by atoms with Crippen LogP contribution in [-0.2, 0) is 4.79 Å². The van der Waals surface area contributed by atoms with E-state index in [4.69, 9.17) is 0 Å². The monoisotopic (exact) mass is 256 g/mol. The van der Waals surface area contributed by atoms with Crippen LogP contribution in [-0.4, -0.2) is 40.6 Å². The first-order chi connectivity index (χ1) is 8.19. The molecule has 1 amide bonds. The fourth-order valence-corrected chi connectivity index (χ4v) is 4.01. The maximum Gasteiger partial charge on any atom is 0.241 e. The summed E-state index contributed by atoms with van der Waals surface area (Å²) in [6.45, 7) is 6.50. The Balaban J connectivity index is 2.10. The van der Waals surface area contributed by atoms with Crippen LogP contribution < -0.4 is 5.32 Å². The van der Waals surface area contributed by atoms with E-state index in [9.17, 15) is 4.79 Å². The molecule has 4 atom stereocenters. The zero-order valence-corrected chi connectivity index (χ0v) is 11.9. The third-order valence-electron chi connectivity index (χ3n) is 4.13. The van der Waals surface area contributed by atoms with Gasteiger partial charge in [0.2, 0.25) is 5.91 Å². The second kappa shape index (κ2) is 5.61. The molecule has 2 aliphatic rings. The van der Waals surface area contributed by atoms with E-state index in [1.165, 1.54) is 12.2 Å². The Bertz CT molecular complexity index is 279. The second-order valence-corrected chi connectivity index (χ2v) is 6.37. The van der Waals surface area contributed by atoms with Crippen molar-refractivity contribution in [2.45, 2.75) is 58.3 Å². The van der Waals surface area contributed by atoms with E-state index in [0.29, 0.717) is 17.9 Å². The van der Waals surface area contributed by atoms with Gasteiger partial charge in [0.05, 0.1) is 12.2 Å². The van der Waals surface area contributed by atoms with Crippen LogP contribution in [0, 0.1) is 5.92 Å². The Morgan fingerprint density at radius 1 is 1.53 bits per heavy atom. The van der Waals surface area contributed by atoms with Gasteiger partial charge in [-0.1, -0.05) is 27.2 Å². The molecule has 4 unspecified atom stereocenters. The molecule has 0 spiro atoms. The topological polar surface area (TPSA) is 32.3 Å². The fourth-order valence-electron chi connectivity index (χ4n) is 2.81. The molecule has 3 nitrogen and oxygen atoms in total. The zero-order chi connectivity index (χ0) is 12.4. The predicted molar refractivity (Wildman–Crippen MR) is 73.0 cm³/mol. The summed E-state index contributed by atoms with van der Waals surface area (Å²) in [6, 6.07) is 0.523. The van der Waals surface area contributed by atoms with Gasteiger partial charge in [0, 0.05) is 11.8 Å². The summed E-state index contributed by atoms with van der Waals surface area (Å²) < 4.78 is 0. The number of nitrogens with zero attached hydrogens (tertiary/aromatic N) is 1. The van der Waals surface area contributed by atoms with E-state index in [1.807, 2.05) is 11.8 Å². The van der Waals surface area contributed by atoms with Crippen LogP contribution in [0.15, 0.2) is 0 Å². The van der Waals surface area contributed by atoms with Crippen molar-refractivity contribution in [3.63, 3.8) is 0 Å². The lowest BCUT2D eigenvalue weighted by molar-refractivity contribution is -0.132. The van der Waals surface area contributed by atoms with Crippen LogP contribution in [0.5, 0.6) is 0 Å². The molecule has 0 saturated carbocycles. The van der Waals surface area contributed by atoms with E-state index >= 15 is 0 Å². The molecule has 17 heavy (non-hydrogen) atoms. The number of hydrogen-bond acceptors (Lipinski definition) is 3. The smallest absolute Gasteiger partial charge is 0.241 e. The molecular weight excluding hydrogens is 232 g/mol. The molecule has 0 radical (unpaired) electrons. The van der Waals surface area contributed by atoms with Crippen LogP contribution >= 0.6 is 11.8 Å². The van der Waals surface area contributed by atoms with Crippen molar-refractivity contribution < 1.29 is 4.79 Å². The number of carbonyl (C=O) groups excluding carboxylic acids is 1. The lowest BCUT2D eigenvalue weighted by atomic mass is 9.99. The van der Waals surface area contributed by atoms with Crippen molar-refractivity contribution in [2.24, 2.45) is 5.92 Å². The number of hydrogen-bond donors (Lipinski definition) is 1. The Hall–Kier alpha value is -0.220. The van der Waals surface area contributed by atoms with Gasteiger partial charge in [0.15, 0.2) is 0 Å². The molecule has 2 rings (SSSR count). The lowest BCUT2D eigenvalue weighted by Crippen LogP contribution is -2.44. The zero-order valence-electron chi connectivity index (χ0n) is 11.1. The average molecular weight is 256 g/mol. The molecule has 4 heteroatoms. The molecule has 98 valence electrons. The highest BCUT2D eigenvalue weighted by molar-refractivity contribution is 7.99. The molecule has 0 aliphatic carbocycles. The average Bonchev–Trinajstić information content (AvgIpc) is 2.95. The summed E-state index contributed by atoms with van der Waals surface area (Å²) in [7, 11) is 0. The van der Waals surface area contributed by atoms with Gasteiger partial charge in [0.25, 0.3) is 0 Å². The Morgan fingerprint density at radius 3 is 2.82 bits per heavy atom. The van der Waals surface area contributed by atoms with E-state index in [0.717, 1.165) is 18.6 Å². The number of rotatable bonds is 4. The number of nitrogens with one attached hydrogen (secondary N) is 1. The second-order valence-electron chi connectivity index (χ2n) is 5.22. The van der Waals surface area contributed by atoms with Crippen LogP contribution in [0.25, 0.3) is 0 Å². The summed E-state index contributed by atoms with van der Waals surface area (Å²) in [4.78, 5) is 14.7. The lowest BCUT2D eigenvalue weighted by Gasteiger charge is -2.29. The van der Waals surface area contributed by atoms with Gasteiger partial charge in [-0.2, -0.15) is 11.8 Å². The molecular formula is C13H24N2OS. The van der Waals surface area contributed by atoms with Crippen LogP contribution in [0.2, 0.25) is 0 Å².